The highest BCUT2D eigenvalue weighted by atomic mass is 16.5. The maximum absolute atomic E-state index is 10.7. The number of carbonyl (C=O) groups is 1. The molecule has 98 valence electrons. The van der Waals surface area contributed by atoms with Crippen molar-refractivity contribution in [3.8, 4) is 0 Å². The quantitative estimate of drug-likeness (QED) is 0.824. The van der Waals surface area contributed by atoms with Crippen molar-refractivity contribution in [2.24, 2.45) is 0 Å². The van der Waals surface area contributed by atoms with Crippen LogP contribution < -0.4 is 10.2 Å². The highest BCUT2D eigenvalue weighted by molar-refractivity contribution is 5.76. The average molecular weight is 251 g/mol. The molecular weight excluding hydrogens is 234 g/mol. The normalized spacial score (nSPS) is 17.3. The van der Waals surface area contributed by atoms with E-state index in [-0.39, 0.29) is 0 Å². The third kappa shape index (κ3) is 3.10. The standard InChI is InChI=1S/C12H17N3O3/c1-9(12(16)17)14-10-2-3-11(13-8-10)15-4-6-18-7-5-15/h2-3,8-9,14H,4-7H2,1H3,(H,16,17). The average Bonchev–Trinajstić information content (AvgIpc) is 2.40. The molecule has 0 saturated carbocycles. The maximum Gasteiger partial charge on any atom is 0.325 e. The van der Waals surface area contributed by atoms with Crippen molar-refractivity contribution in [3.05, 3.63) is 18.3 Å². The van der Waals surface area contributed by atoms with Crippen LogP contribution in [0.25, 0.3) is 0 Å². The zero-order chi connectivity index (χ0) is 13.0. The van der Waals surface area contributed by atoms with Gasteiger partial charge < -0.3 is 20.1 Å². The van der Waals surface area contributed by atoms with Crippen molar-refractivity contribution in [1.82, 2.24) is 4.98 Å². The second kappa shape index (κ2) is 5.68. The van der Waals surface area contributed by atoms with Gasteiger partial charge in [0.1, 0.15) is 11.9 Å². The molecule has 0 radical (unpaired) electrons. The molecule has 1 saturated heterocycles. The van der Waals surface area contributed by atoms with Crippen molar-refractivity contribution in [1.29, 1.82) is 0 Å². The predicted molar refractivity (Wildman–Crippen MR) is 68.0 cm³/mol. The van der Waals surface area contributed by atoms with E-state index in [1.807, 2.05) is 12.1 Å². The van der Waals surface area contributed by atoms with Gasteiger partial charge in [-0.05, 0) is 19.1 Å². The Bertz CT molecular complexity index is 402. The lowest BCUT2D eigenvalue weighted by Crippen LogP contribution is -2.36. The van der Waals surface area contributed by atoms with Crippen molar-refractivity contribution in [2.75, 3.05) is 36.5 Å². The van der Waals surface area contributed by atoms with Crippen molar-refractivity contribution in [3.63, 3.8) is 0 Å². The molecule has 1 aliphatic heterocycles. The summed E-state index contributed by atoms with van der Waals surface area (Å²) < 4.78 is 5.28. The molecule has 2 N–H and O–H groups in total. The summed E-state index contributed by atoms with van der Waals surface area (Å²) in [5, 5.41) is 11.7. The number of aromatic nitrogens is 1. The Morgan fingerprint density at radius 3 is 2.78 bits per heavy atom. The van der Waals surface area contributed by atoms with E-state index in [0.717, 1.165) is 32.1 Å². The maximum atomic E-state index is 10.7. The Hall–Kier alpha value is -1.82. The van der Waals surface area contributed by atoms with Crippen molar-refractivity contribution < 1.29 is 14.6 Å². The van der Waals surface area contributed by atoms with E-state index >= 15 is 0 Å². The molecule has 0 bridgehead atoms. The van der Waals surface area contributed by atoms with Crippen LogP contribution in [0.1, 0.15) is 6.92 Å². The summed E-state index contributed by atoms with van der Waals surface area (Å²) in [5.41, 5.74) is 0.710. The van der Waals surface area contributed by atoms with Crippen LogP contribution in [0.4, 0.5) is 11.5 Å². The molecular formula is C12H17N3O3. The number of morpholine rings is 1. The summed E-state index contributed by atoms with van der Waals surface area (Å²) in [7, 11) is 0. The molecule has 0 aliphatic carbocycles. The molecule has 0 aromatic carbocycles. The Morgan fingerprint density at radius 2 is 2.22 bits per heavy atom. The third-order valence-corrected chi connectivity index (χ3v) is 2.84. The SMILES string of the molecule is CC(Nc1ccc(N2CCOCC2)nc1)C(=O)O. The molecule has 6 nitrogen and oxygen atoms in total. The molecule has 1 aliphatic rings. The molecule has 1 aromatic rings. The number of nitrogens with zero attached hydrogens (tertiary/aromatic N) is 2. The molecule has 1 unspecified atom stereocenters. The van der Waals surface area contributed by atoms with Gasteiger partial charge in [0.15, 0.2) is 0 Å². The molecule has 18 heavy (non-hydrogen) atoms. The minimum absolute atomic E-state index is 0.624. The fraction of sp³-hybridized carbons (Fsp3) is 0.500. The Kier molecular flexibility index (Phi) is 3.99. The van der Waals surface area contributed by atoms with Gasteiger partial charge in [-0.3, -0.25) is 4.79 Å². The Balaban J connectivity index is 1.98. The first-order chi connectivity index (χ1) is 8.66. The van der Waals surface area contributed by atoms with Crippen LogP contribution in [-0.2, 0) is 9.53 Å². The fourth-order valence-electron chi connectivity index (χ4n) is 1.76. The van der Waals surface area contributed by atoms with Gasteiger partial charge >= 0.3 is 5.97 Å². The zero-order valence-corrected chi connectivity index (χ0v) is 10.3. The van der Waals surface area contributed by atoms with Gasteiger partial charge in [-0.2, -0.15) is 0 Å². The van der Waals surface area contributed by atoms with E-state index < -0.39 is 12.0 Å². The fourth-order valence-corrected chi connectivity index (χ4v) is 1.76. The second-order valence-electron chi connectivity index (χ2n) is 4.21. The number of anilines is 2. The first-order valence-electron chi connectivity index (χ1n) is 5.95. The van der Waals surface area contributed by atoms with Crippen LogP contribution in [0.2, 0.25) is 0 Å². The van der Waals surface area contributed by atoms with Gasteiger partial charge in [0.2, 0.25) is 0 Å². The lowest BCUT2D eigenvalue weighted by molar-refractivity contribution is -0.137. The van der Waals surface area contributed by atoms with Crippen molar-refractivity contribution in [2.45, 2.75) is 13.0 Å². The number of hydrogen-bond donors (Lipinski definition) is 2. The zero-order valence-electron chi connectivity index (χ0n) is 10.3. The van der Waals surface area contributed by atoms with Gasteiger partial charge in [-0.25, -0.2) is 4.98 Å². The van der Waals surface area contributed by atoms with Crippen LogP contribution in [-0.4, -0.2) is 48.4 Å². The lowest BCUT2D eigenvalue weighted by Gasteiger charge is -2.27. The summed E-state index contributed by atoms with van der Waals surface area (Å²) >= 11 is 0. The molecule has 6 heteroatoms. The molecule has 0 spiro atoms. The number of carboxylic acid groups (broad SMARTS) is 1. The Morgan fingerprint density at radius 1 is 1.50 bits per heavy atom. The van der Waals surface area contributed by atoms with E-state index in [2.05, 4.69) is 15.2 Å². The topological polar surface area (TPSA) is 74.7 Å². The number of nitrogens with one attached hydrogen (secondary N) is 1. The summed E-state index contributed by atoms with van der Waals surface area (Å²) in [6.07, 6.45) is 1.66. The third-order valence-electron chi connectivity index (χ3n) is 2.84. The van der Waals surface area contributed by atoms with Crippen LogP contribution in [0.15, 0.2) is 18.3 Å². The van der Waals surface area contributed by atoms with Crippen LogP contribution >= 0.6 is 0 Å². The number of rotatable bonds is 4. The summed E-state index contributed by atoms with van der Waals surface area (Å²) in [6.45, 7) is 4.71. The van der Waals surface area contributed by atoms with Gasteiger partial charge in [0.25, 0.3) is 0 Å². The number of hydrogen-bond acceptors (Lipinski definition) is 5. The first kappa shape index (κ1) is 12.6. The molecule has 1 atom stereocenters. The van der Waals surface area contributed by atoms with E-state index in [1.54, 1.807) is 13.1 Å². The number of pyridine rings is 1. The van der Waals surface area contributed by atoms with Crippen LogP contribution in [0, 0.1) is 0 Å². The van der Waals surface area contributed by atoms with E-state index in [0.29, 0.717) is 5.69 Å². The Labute approximate surface area is 106 Å². The minimum Gasteiger partial charge on any atom is -0.480 e. The van der Waals surface area contributed by atoms with Gasteiger partial charge in [0, 0.05) is 13.1 Å². The van der Waals surface area contributed by atoms with Crippen LogP contribution in [0.3, 0.4) is 0 Å². The van der Waals surface area contributed by atoms with Crippen LogP contribution in [0.5, 0.6) is 0 Å². The largest absolute Gasteiger partial charge is 0.480 e. The summed E-state index contributed by atoms with van der Waals surface area (Å²) in [6, 6.07) is 3.11. The van der Waals surface area contributed by atoms with E-state index in [4.69, 9.17) is 9.84 Å². The highest BCUT2D eigenvalue weighted by Crippen LogP contribution is 2.15. The highest BCUT2D eigenvalue weighted by Gasteiger charge is 2.13. The molecule has 2 rings (SSSR count). The molecule has 0 amide bonds. The van der Waals surface area contributed by atoms with E-state index in [9.17, 15) is 4.79 Å². The number of ether oxygens (including phenoxy) is 1. The number of carboxylic acids is 1. The van der Waals surface area contributed by atoms with Gasteiger partial charge in [-0.1, -0.05) is 0 Å². The summed E-state index contributed by atoms with van der Waals surface area (Å²) in [4.78, 5) is 17.2. The molecule has 2 heterocycles. The lowest BCUT2D eigenvalue weighted by atomic mass is 10.3. The second-order valence-corrected chi connectivity index (χ2v) is 4.21. The predicted octanol–water partition coefficient (Wildman–Crippen LogP) is 0.803. The van der Waals surface area contributed by atoms with E-state index in [1.165, 1.54) is 0 Å². The van der Waals surface area contributed by atoms with Gasteiger partial charge in [0.05, 0.1) is 25.1 Å². The minimum atomic E-state index is -0.882. The molecule has 1 aromatic heterocycles. The monoisotopic (exact) mass is 251 g/mol. The molecule has 1 fully saturated rings. The smallest absolute Gasteiger partial charge is 0.325 e. The first-order valence-corrected chi connectivity index (χ1v) is 5.95. The van der Waals surface area contributed by atoms with Crippen molar-refractivity contribution >= 4 is 17.5 Å². The number of aliphatic carboxylic acids is 1. The van der Waals surface area contributed by atoms with Gasteiger partial charge in [-0.15, -0.1) is 0 Å². The summed E-state index contributed by atoms with van der Waals surface area (Å²) in [5.74, 6) is 0.0130.